The van der Waals surface area contributed by atoms with Crippen LogP contribution >= 0.6 is 15.9 Å². The topological polar surface area (TPSA) is 129 Å². The van der Waals surface area contributed by atoms with E-state index in [2.05, 4.69) is 53.2 Å². The number of benzene rings is 1. The van der Waals surface area contributed by atoms with Crippen LogP contribution in [-0.4, -0.2) is 46.4 Å². The van der Waals surface area contributed by atoms with Gasteiger partial charge in [0, 0.05) is 25.8 Å². The van der Waals surface area contributed by atoms with Gasteiger partial charge in [0.25, 0.3) is 5.56 Å². The third-order valence-corrected chi connectivity index (χ3v) is 6.21. The highest BCUT2D eigenvalue weighted by Crippen LogP contribution is 2.18. The molecule has 0 aliphatic rings. The Hall–Kier alpha value is -3.54. The molecule has 35 heavy (non-hydrogen) atoms. The minimum atomic E-state index is -0.232. The monoisotopic (exact) mass is 540 g/mol. The molecule has 1 N–H and O–H groups in total. The molecule has 0 spiro atoms. The molecule has 11 nitrogen and oxygen atoms in total. The van der Waals surface area contributed by atoms with Crippen molar-refractivity contribution in [3.8, 4) is 5.75 Å². The summed E-state index contributed by atoms with van der Waals surface area (Å²) < 4.78 is 14.7. The summed E-state index contributed by atoms with van der Waals surface area (Å²) in [6.07, 6.45) is 4.50. The first-order valence-electron chi connectivity index (χ1n) is 11.5. The number of nitrogens with zero attached hydrogens (tertiary/aromatic N) is 7. The average Bonchev–Trinajstić information content (AvgIpc) is 3.58. The Bertz CT molecular complexity index is 1530. The summed E-state index contributed by atoms with van der Waals surface area (Å²) in [4.78, 5) is 25.2. The third kappa shape index (κ3) is 4.70. The summed E-state index contributed by atoms with van der Waals surface area (Å²) in [6.45, 7) is 2.84. The largest absolute Gasteiger partial charge is 0.497 e. The van der Waals surface area contributed by atoms with E-state index in [1.165, 1.54) is 0 Å². The van der Waals surface area contributed by atoms with Crippen LogP contribution in [0.2, 0.25) is 0 Å². The summed E-state index contributed by atoms with van der Waals surface area (Å²) in [5, 5.41) is 12.7. The molecule has 0 aliphatic carbocycles. The van der Waals surface area contributed by atoms with Gasteiger partial charge in [-0.2, -0.15) is 4.98 Å². The van der Waals surface area contributed by atoms with Crippen molar-refractivity contribution in [3.63, 3.8) is 0 Å². The second-order valence-electron chi connectivity index (χ2n) is 8.27. The lowest BCUT2D eigenvalue weighted by Gasteiger charge is -2.09. The maximum atomic E-state index is 13.3. The van der Waals surface area contributed by atoms with Crippen molar-refractivity contribution in [1.82, 2.24) is 39.3 Å². The smallest absolute Gasteiger partial charge is 0.286 e. The zero-order chi connectivity index (χ0) is 24.4. The number of aromatic nitrogens is 8. The van der Waals surface area contributed by atoms with Gasteiger partial charge in [0.1, 0.15) is 11.6 Å². The number of hydrogen-bond donors (Lipinski definition) is 1. The first-order valence-corrected chi connectivity index (χ1v) is 12.3. The molecular weight excluding hydrogens is 516 g/mol. The summed E-state index contributed by atoms with van der Waals surface area (Å²) >= 11 is 3.35. The van der Waals surface area contributed by atoms with Crippen molar-refractivity contribution >= 4 is 32.9 Å². The van der Waals surface area contributed by atoms with Crippen LogP contribution in [-0.2, 0) is 25.8 Å². The van der Waals surface area contributed by atoms with E-state index in [0.29, 0.717) is 65.0 Å². The van der Waals surface area contributed by atoms with Gasteiger partial charge in [0.15, 0.2) is 21.7 Å². The van der Waals surface area contributed by atoms with Crippen LogP contribution in [0.1, 0.15) is 49.3 Å². The minimum absolute atomic E-state index is 0.232. The fraction of sp³-hybridized carbons (Fsp3) is 0.391. The highest BCUT2D eigenvalue weighted by Gasteiger charge is 2.20. The van der Waals surface area contributed by atoms with Crippen molar-refractivity contribution in [2.75, 3.05) is 7.11 Å². The SMILES string of the molecule is CCCCCn1c2nc(Br)[nH]c2c(=O)n2c(CCc3nc(Cc4cccc(OC)c4)no3)nnc12. The zero-order valence-electron chi connectivity index (χ0n) is 19.5. The Morgan fingerprint density at radius 2 is 2.06 bits per heavy atom. The number of rotatable bonds is 10. The Balaban J connectivity index is 1.39. The number of imidazole rings is 1. The molecule has 0 unspecified atom stereocenters. The number of aryl methyl sites for hydroxylation is 3. The summed E-state index contributed by atoms with van der Waals surface area (Å²) in [7, 11) is 1.63. The molecule has 5 rings (SSSR count). The van der Waals surface area contributed by atoms with Gasteiger partial charge in [-0.1, -0.05) is 37.1 Å². The number of unbranched alkanes of at least 4 members (excludes halogenated alkanes) is 2. The van der Waals surface area contributed by atoms with Crippen LogP contribution in [0.25, 0.3) is 16.9 Å². The molecule has 0 amide bonds. The van der Waals surface area contributed by atoms with Gasteiger partial charge < -0.3 is 14.2 Å². The lowest BCUT2D eigenvalue weighted by Crippen LogP contribution is -2.21. The number of methoxy groups -OCH3 is 1. The molecule has 4 heterocycles. The van der Waals surface area contributed by atoms with Gasteiger partial charge in [-0.25, -0.2) is 9.38 Å². The van der Waals surface area contributed by atoms with Gasteiger partial charge in [0.05, 0.1) is 7.11 Å². The zero-order valence-corrected chi connectivity index (χ0v) is 21.1. The van der Waals surface area contributed by atoms with Gasteiger partial charge in [-0.15, -0.1) is 10.2 Å². The number of halogens is 1. The lowest BCUT2D eigenvalue weighted by atomic mass is 10.1. The molecule has 5 aromatic rings. The van der Waals surface area contributed by atoms with Crippen molar-refractivity contribution in [2.45, 2.75) is 52.0 Å². The van der Waals surface area contributed by atoms with E-state index in [1.54, 1.807) is 11.5 Å². The van der Waals surface area contributed by atoms with Gasteiger partial charge >= 0.3 is 0 Å². The van der Waals surface area contributed by atoms with Crippen LogP contribution in [0, 0.1) is 0 Å². The van der Waals surface area contributed by atoms with E-state index in [0.717, 1.165) is 30.6 Å². The van der Waals surface area contributed by atoms with E-state index < -0.39 is 0 Å². The van der Waals surface area contributed by atoms with Gasteiger partial charge in [-0.3, -0.25) is 9.36 Å². The Morgan fingerprint density at radius 1 is 1.17 bits per heavy atom. The molecule has 4 aromatic heterocycles. The second-order valence-corrected chi connectivity index (χ2v) is 9.03. The lowest BCUT2D eigenvalue weighted by molar-refractivity contribution is 0.373. The number of nitrogens with one attached hydrogen (secondary N) is 1. The number of aromatic amines is 1. The van der Waals surface area contributed by atoms with E-state index >= 15 is 0 Å². The second kappa shape index (κ2) is 9.98. The highest BCUT2D eigenvalue weighted by atomic mass is 79.9. The third-order valence-electron chi connectivity index (χ3n) is 5.84. The molecule has 1 aromatic carbocycles. The van der Waals surface area contributed by atoms with Gasteiger partial charge in [-0.05, 0) is 40.0 Å². The summed E-state index contributed by atoms with van der Waals surface area (Å²) in [6, 6.07) is 7.75. The molecule has 12 heteroatoms. The molecule has 0 aliphatic heterocycles. The molecule has 0 fully saturated rings. The molecule has 0 saturated heterocycles. The normalized spacial score (nSPS) is 11.6. The van der Waals surface area contributed by atoms with Gasteiger partial charge in [0.2, 0.25) is 11.7 Å². The number of ether oxygens (including phenoxy) is 1. The molecule has 0 radical (unpaired) electrons. The first kappa shape index (κ1) is 23.2. The van der Waals surface area contributed by atoms with Crippen LogP contribution in [0.3, 0.4) is 0 Å². The van der Waals surface area contributed by atoms with Crippen molar-refractivity contribution < 1.29 is 9.26 Å². The first-order chi connectivity index (χ1) is 17.1. The van der Waals surface area contributed by atoms with E-state index in [1.807, 2.05) is 28.8 Å². The fourth-order valence-electron chi connectivity index (χ4n) is 4.11. The Morgan fingerprint density at radius 3 is 2.89 bits per heavy atom. The Kier molecular flexibility index (Phi) is 6.62. The molecular formula is C23H25BrN8O3. The van der Waals surface area contributed by atoms with E-state index in [4.69, 9.17) is 9.26 Å². The molecule has 182 valence electrons. The van der Waals surface area contributed by atoms with Crippen molar-refractivity contribution in [2.24, 2.45) is 0 Å². The minimum Gasteiger partial charge on any atom is -0.497 e. The van der Waals surface area contributed by atoms with Crippen LogP contribution in [0.5, 0.6) is 5.75 Å². The van der Waals surface area contributed by atoms with Crippen LogP contribution in [0.4, 0.5) is 0 Å². The van der Waals surface area contributed by atoms with Crippen molar-refractivity contribution in [1.29, 1.82) is 0 Å². The fourth-order valence-corrected chi connectivity index (χ4v) is 4.48. The average molecular weight is 541 g/mol. The number of H-pyrrole nitrogens is 1. The van der Waals surface area contributed by atoms with Crippen molar-refractivity contribution in [3.05, 3.63) is 62.5 Å². The van der Waals surface area contributed by atoms with E-state index in [-0.39, 0.29) is 5.56 Å². The molecule has 0 bridgehead atoms. The highest BCUT2D eigenvalue weighted by molar-refractivity contribution is 9.10. The van der Waals surface area contributed by atoms with E-state index in [9.17, 15) is 4.79 Å². The van der Waals surface area contributed by atoms with Crippen LogP contribution in [0.15, 0.2) is 38.3 Å². The summed E-state index contributed by atoms with van der Waals surface area (Å²) in [5.41, 5.74) is 1.78. The predicted molar refractivity (Wildman–Crippen MR) is 132 cm³/mol. The Labute approximate surface area is 208 Å². The predicted octanol–water partition coefficient (Wildman–Crippen LogP) is 3.49. The number of hydrogen-bond acceptors (Lipinski definition) is 8. The molecule has 0 atom stereocenters. The van der Waals surface area contributed by atoms with Crippen LogP contribution < -0.4 is 10.3 Å². The quantitative estimate of drug-likeness (QED) is 0.210. The standard InChI is InChI=1S/C23H25BrN8O3/c1-3-4-5-11-31-20-19(26-22(24)27-20)21(33)32-17(28-29-23(31)32)9-10-18-25-16(30-35-18)13-14-7-6-8-15(12-14)34-2/h6-8,12H,3-5,9-11,13H2,1-2H3,(H,26,27). The number of fused-ring (bicyclic) bond motifs is 2. The molecule has 0 saturated carbocycles. The maximum absolute atomic E-state index is 13.3. The summed E-state index contributed by atoms with van der Waals surface area (Å²) in [5.74, 6) is 2.87. The maximum Gasteiger partial charge on any atom is 0.286 e.